The van der Waals surface area contributed by atoms with Crippen molar-refractivity contribution >= 4 is 11.4 Å². The standard InChI is InChI=1S/K.Mn.H2O3S.H2O.3O.H/c;;1-4(2)3;;;;;/h;;(H2,1,2,3);1H2;;;;/q2*+1;;;;;;-1/p-1. The molecule has 0 aliphatic carbocycles. The van der Waals surface area contributed by atoms with Gasteiger partial charge in [-0.25, -0.2) is 0 Å². The molecule has 0 heterocycles. The van der Waals surface area contributed by atoms with Gasteiger partial charge in [0.2, 0.25) is 0 Å². The van der Waals surface area contributed by atoms with E-state index >= 15 is 0 Å². The Bertz CT molecular complexity index is 204. The van der Waals surface area contributed by atoms with Crippen LogP contribution in [0.3, 0.4) is 0 Å². The molecule has 10 heteroatoms. The molecule has 7 nitrogen and oxygen atoms in total. The summed E-state index contributed by atoms with van der Waals surface area (Å²) in [6.07, 6.45) is 0. The summed E-state index contributed by atoms with van der Waals surface area (Å²) < 4.78 is 55.9. The van der Waals surface area contributed by atoms with E-state index in [1.54, 1.807) is 0 Å². The third-order valence-electron chi connectivity index (χ3n) is 0. The Hall–Kier alpha value is 1.59. The minimum absolute atomic E-state index is 0. The van der Waals surface area contributed by atoms with Crippen molar-refractivity contribution in [1.82, 2.24) is 0 Å². The summed E-state index contributed by atoms with van der Waals surface area (Å²) in [6.45, 7) is 0. The van der Waals surface area contributed by atoms with E-state index in [9.17, 15) is 0 Å². The molecule has 0 rings (SSSR count). The van der Waals surface area contributed by atoms with Gasteiger partial charge in [-0.15, -0.1) is 0 Å². The molecule has 0 saturated heterocycles. The van der Waals surface area contributed by atoms with Crippen LogP contribution in [0.2, 0.25) is 0 Å². The fraction of sp³-hybridized carbons (Fsp3) is 0. The number of hydrogen-bond acceptors (Lipinski definition) is 4. The van der Waals surface area contributed by atoms with E-state index < -0.39 is 24.3 Å². The van der Waals surface area contributed by atoms with Crippen LogP contribution in [0.1, 0.15) is 1.43 Å². The summed E-state index contributed by atoms with van der Waals surface area (Å²) in [4.78, 5) is 0. The van der Waals surface area contributed by atoms with E-state index in [2.05, 4.69) is 0 Å². The first-order valence-electron chi connectivity index (χ1n) is 1.16. The molecular formula is H4KMnO7S. The molecular weight excluding hydrogens is 238 g/mol. The van der Waals surface area contributed by atoms with E-state index in [4.69, 9.17) is 29.0 Å². The molecule has 0 fully saturated rings. The molecule has 0 saturated carbocycles. The molecule has 0 bridgehead atoms. The van der Waals surface area contributed by atoms with Crippen LogP contribution < -0.4 is 51.4 Å². The van der Waals surface area contributed by atoms with Gasteiger partial charge in [-0.2, -0.15) is 4.21 Å². The van der Waals surface area contributed by atoms with Crippen molar-refractivity contribution < 1.29 is 94.8 Å². The van der Waals surface area contributed by atoms with Crippen LogP contribution in [0, 0.1) is 0 Å². The van der Waals surface area contributed by atoms with E-state index in [1.807, 2.05) is 0 Å². The molecule has 0 unspecified atom stereocenters. The van der Waals surface area contributed by atoms with Crippen LogP contribution in [0.5, 0.6) is 0 Å². The van der Waals surface area contributed by atoms with Gasteiger partial charge in [-0.1, -0.05) is 0 Å². The molecule has 3 N–H and O–H groups in total. The maximum atomic E-state index is 8.69. The fourth-order valence-corrected chi connectivity index (χ4v) is 0. The van der Waals surface area contributed by atoms with Crippen LogP contribution in [0.25, 0.3) is 0 Å². The van der Waals surface area contributed by atoms with Gasteiger partial charge < -0.3 is 1.43 Å². The second-order valence-corrected chi connectivity index (χ2v) is 2.32. The first-order chi connectivity index (χ1) is 3.73. The van der Waals surface area contributed by atoms with Gasteiger partial charge in [-0.3, -0.25) is 9.11 Å². The van der Waals surface area contributed by atoms with Gasteiger partial charge >= 0.3 is 80.0 Å². The van der Waals surface area contributed by atoms with Crippen LogP contribution >= 0.6 is 0 Å². The molecule has 0 aliphatic heterocycles. The molecule has 0 radical (unpaired) electrons. The Morgan fingerprint density at radius 1 is 1.20 bits per heavy atom. The van der Waals surface area contributed by atoms with Crippen LogP contribution in [0.4, 0.5) is 0 Å². The average Bonchev–Trinajstić information content (AvgIpc) is 1.19. The zero-order valence-corrected chi connectivity index (χ0v) is 9.88. The van der Waals surface area contributed by atoms with E-state index in [-0.39, 0.29) is 52.8 Å². The SMILES string of the molecule is O=S(O)O.[H-].[K+].[O]=[Mn](=[O])(=[O])[OH]. The molecule has 0 aromatic heterocycles. The van der Waals surface area contributed by atoms with Crippen molar-refractivity contribution in [3.63, 3.8) is 0 Å². The Kier molecular flexibility index (Phi) is 15.3. The fourth-order valence-electron chi connectivity index (χ4n) is 0. The molecule has 0 atom stereocenters. The molecule has 0 aromatic rings. The van der Waals surface area contributed by atoms with E-state index in [0.717, 1.165) is 0 Å². The summed E-state index contributed by atoms with van der Waals surface area (Å²) in [5, 5.41) is 0. The van der Waals surface area contributed by atoms with Crippen molar-refractivity contribution in [1.29, 1.82) is 0 Å². The average molecular weight is 242 g/mol. The normalized spacial score (nSPS) is 9.20. The van der Waals surface area contributed by atoms with Crippen molar-refractivity contribution in [3.05, 3.63) is 0 Å². The summed E-state index contributed by atoms with van der Waals surface area (Å²) in [5.41, 5.74) is 0. The Morgan fingerprint density at radius 3 is 1.20 bits per heavy atom. The monoisotopic (exact) mass is 242 g/mol. The van der Waals surface area contributed by atoms with Gasteiger partial charge in [0.25, 0.3) is 11.4 Å². The van der Waals surface area contributed by atoms with Crippen LogP contribution in [-0.4, -0.2) is 17.5 Å². The topological polar surface area (TPSA) is 129 Å². The summed E-state index contributed by atoms with van der Waals surface area (Å²) >= 11 is -7.99. The third kappa shape index (κ3) is 281. The summed E-state index contributed by atoms with van der Waals surface area (Å²) in [5.74, 6) is 0. The van der Waals surface area contributed by atoms with Crippen LogP contribution in [-0.2, 0) is 35.8 Å². The molecule has 0 aromatic carbocycles. The second-order valence-electron chi connectivity index (χ2n) is 0.627. The van der Waals surface area contributed by atoms with E-state index in [0.29, 0.717) is 0 Å². The third-order valence-corrected chi connectivity index (χ3v) is 0. The Morgan fingerprint density at radius 2 is 1.20 bits per heavy atom. The quantitative estimate of drug-likeness (QED) is 0.290. The van der Waals surface area contributed by atoms with Gasteiger partial charge in [-0.05, 0) is 0 Å². The van der Waals surface area contributed by atoms with Gasteiger partial charge in [0.05, 0.1) is 0 Å². The Balaban J connectivity index is -0.0000000383. The predicted molar refractivity (Wildman–Crippen MR) is 18.8 cm³/mol. The second kappa shape index (κ2) is 8.68. The first-order valence-corrected chi connectivity index (χ1v) is 4.20. The molecule has 0 aliphatic rings. The van der Waals surface area contributed by atoms with Gasteiger partial charge in [0.15, 0.2) is 0 Å². The minimum atomic E-state index is -5.38. The van der Waals surface area contributed by atoms with Gasteiger partial charge in [0.1, 0.15) is 0 Å². The van der Waals surface area contributed by atoms with Crippen molar-refractivity contribution in [2.75, 3.05) is 0 Å². The van der Waals surface area contributed by atoms with Gasteiger partial charge in [0, 0.05) is 0 Å². The number of rotatable bonds is 0. The zero-order valence-electron chi connectivity index (χ0n) is 5.76. The molecule has 0 spiro atoms. The van der Waals surface area contributed by atoms with Crippen LogP contribution in [0.15, 0.2) is 0 Å². The van der Waals surface area contributed by atoms with Crippen molar-refractivity contribution in [2.24, 2.45) is 0 Å². The molecule has 10 heavy (non-hydrogen) atoms. The molecule has 60 valence electrons. The first kappa shape index (κ1) is 17.6. The van der Waals surface area contributed by atoms with Crippen molar-refractivity contribution in [3.8, 4) is 0 Å². The molecule has 0 amide bonds. The van der Waals surface area contributed by atoms with E-state index in [1.165, 1.54) is 0 Å². The maximum absolute atomic E-state index is 8.69. The Labute approximate surface area is 104 Å². The summed E-state index contributed by atoms with van der Waals surface area (Å²) in [7, 11) is 0. The number of hydrogen-bond donors (Lipinski definition) is 3. The predicted octanol–water partition coefficient (Wildman–Crippen LogP) is -4.12. The summed E-state index contributed by atoms with van der Waals surface area (Å²) in [6, 6.07) is 0. The van der Waals surface area contributed by atoms with Crippen molar-refractivity contribution in [2.45, 2.75) is 0 Å². The zero-order chi connectivity index (χ0) is 8.08.